The maximum absolute atomic E-state index is 13.0. The minimum absolute atomic E-state index is 0.0329. The molecular formula is C47H77NO5. The van der Waals surface area contributed by atoms with Crippen LogP contribution in [0, 0.1) is 0 Å². The summed E-state index contributed by atoms with van der Waals surface area (Å²) in [5.74, 6) is -0.646. The van der Waals surface area contributed by atoms with Gasteiger partial charge in [-0.3, -0.25) is 9.59 Å². The number of unbranched alkanes of at least 4 members (excludes halogenated alkanes) is 14. The zero-order valence-electron chi connectivity index (χ0n) is 33.9. The Morgan fingerprint density at radius 2 is 1.06 bits per heavy atom. The molecule has 0 bridgehead atoms. The highest BCUT2D eigenvalue weighted by molar-refractivity contribution is 5.77. The first kappa shape index (κ1) is 49.8. The van der Waals surface area contributed by atoms with E-state index in [0.717, 1.165) is 70.6 Å². The number of amides is 1. The van der Waals surface area contributed by atoms with Crippen LogP contribution >= 0.6 is 0 Å². The fourth-order valence-corrected chi connectivity index (χ4v) is 5.68. The summed E-state index contributed by atoms with van der Waals surface area (Å²) in [6.07, 6.45) is 52.0. The number of aliphatic hydroxyl groups excluding tert-OH is 2. The molecule has 0 saturated heterocycles. The molecule has 6 heteroatoms. The van der Waals surface area contributed by atoms with Gasteiger partial charge in [0, 0.05) is 12.8 Å². The van der Waals surface area contributed by atoms with Crippen molar-refractivity contribution in [2.75, 3.05) is 6.61 Å². The van der Waals surface area contributed by atoms with Gasteiger partial charge in [-0.05, 0) is 38.5 Å². The van der Waals surface area contributed by atoms with Crippen LogP contribution in [-0.2, 0) is 14.3 Å². The van der Waals surface area contributed by atoms with Crippen LogP contribution in [0.25, 0.3) is 0 Å². The third-order valence-electron chi connectivity index (χ3n) is 8.85. The molecule has 6 nitrogen and oxygen atoms in total. The summed E-state index contributed by atoms with van der Waals surface area (Å²) in [6, 6.07) is -0.746. The number of aliphatic hydroxyl groups is 2. The molecule has 0 aromatic carbocycles. The van der Waals surface area contributed by atoms with Crippen molar-refractivity contribution in [1.82, 2.24) is 5.32 Å². The van der Waals surface area contributed by atoms with E-state index in [9.17, 15) is 19.8 Å². The lowest BCUT2D eigenvalue weighted by molar-refractivity contribution is -0.150. The van der Waals surface area contributed by atoms with E-state index in [1.165, 1.54) is 44.9 Å². The molecule has 53 heavy (non-hydrogen) atoms. The quantitative estimate of drug-likeness (QED) is 0.0342. The average molecular weight is 736 g/mol. The van der Waals surface area contributed by atoms with Crippen LogP contribution in [0.5, 0.6) is 0 Å². The van der Waals surface area contributed by atoms with E-state index in [2.05, 4.69) is 62.5 Å². The van der Waals surface area contributed by atoms with E-state index in [1.807, 2.05) is 60.8 Å². The molecule has 3 unspecified atom stereocenters. The molecule has 0 fully saturated rings. The number of carbonyl (C=O) groups excluding carboxylic acids is 2. The lowest BCUT2D eigenvalue weighted by atomic mass is 10.0. The van der Waals surface area contributed by atoms with Gasteiger partial charge in [0.1, 0.15) is 6.10 Å². The first-order chi connectivity index (χ1) is 26.0. The average Bonchev–Trinajstić information content (AvgIpc) is 3.15. The molecule has 0 aliphatic heterocycles. The standard InChI is InChI=1S/C47H77NO5/c1-4-7-10-13-16-19-22-23-25-28-31-34-37-40-47(52)53-43(38-35-32-29-26-24-20-17-14-11-8-5-2)41-46(51)48-44(42-49)45(50)39-36-33-30-27-21-18-15-12-9-6-3/h7-8,10-11,13-14,16-17,19-20,22,24,26,29,32,35,43-45,49-50H,4-6,9,12,15,18,21,23,25,27-28,30-31,33-34,36-42H2,1-3H3,(H,48,51)/b10-7+,11-8+,16-13+,17-14+,22-19-,24-20-,29-26-,35-32+. The molecule has 0 aliphatic carbocycles. The molecule has 0 aliphatic rings. The van der Waals surface area contributed by atoms with Gasteiger partial charge >= 0.3 is 5.97 Å². The number of rotatable bonds is 35. The Bertz CT molecular complexity index is 1100. The maximum atomic E-state index is 13.0. The van der Waals surface area contributed by atoms with Gasteiger partial charge < -0.3 is 20.3 Å². The predicted molar refractivity (Wildman–Crippen MR) is 227 cm³/mol. The van der Waals surface area contributed by atoms with Gasteiger partial charge in [0.15, 0.2) is 0 Å². The first-order valence-corrected chi connectivity index (χ1v) is 21.1. The van der Waals surface area contributed by atoms with Gasteiger partial charge in [0.05, 0.1) is 25.2 Å². The largest absolute Gasteiger partial charge is 0.461 e. The van der Waals surface area contributed by atoms with Crippen molar-refractivity contribution in [2.45, 2.75) is 180 Å². The van der Waals surface area contributed by atoms with Crippen LogP contribution in [0.3, 0.4) is 0 Å². The molecule has 3 atom stereocenters. The third-order valence-corrected chi connectivity index (χ3v) is 8.85. The highest BCUT2D eigenvalue weighted by Gasteiger charge is 2.23. The molecule has 0 heterocycles. The Hall–Kier alpha value is -3.22. The second kappa shape index (κ2) is 40.0. The summed E-state index contributed by atoms with van der Waals surface area (Å²) in [5.41, 5.74) is 0. The fraction of sp³-hybridized carbons (Fsp3) is 0.617. The molecule has 0 saturated carbocycles. The van der Waals surface area contributed by atoms with Crippen molar-refractivity contribution in [3.63, 3.8) is 0 Å². The van der Waals surface area contributed by atoms with Crippen molar-refractivity contribution < 1.29 is 24.5 Å². The van der Waals surface area contributed by atoms with Crippen LogP contribution in [0.15, 0.2) is 97.2 Å². The van der Waals surface area contributed by atoms with Crippen LogP contribution in [-0.4, -0.2) is 46.9 Å². The van der Waals surface area contributed by atoms with Crippen LogP contribution in [0.1, 0.15) is 162 Å². The SMILES string of the molecule is CC/C=C/C=C/C=C\C=C/C=C/CC(CC(=O)NC(CO)C(O)CCCCCCCCCCCC)OC(=O)CCCCCCC\C=C/C=C/C=C/CC. The molecule has 0 spiro atoms. The number of hydrogen-bond donors (Lipinski definition) is 3. The number of esters is 1. The molecule has 0 radical (unpaired) electrons. The first-order valence-electron chi connectivity index (χ1n) is 21.1. The number of allylic oxidation sites excluding steroid dienone is 15. The molecule has 0 aromatic heterocycles. The van der Waals surface area contributed by atoms with Gasteiger partial charge in [-0.1, -0.05) is 201 Å². The lowest BCUT2D eigenvalue weighted by Gasteiger charge is -2.24. The van der Waals surface area contributed by atoms with E-state index < -0.39 is 18.2 Å². The van der Waals surface area contributed by atoms with Crippen molar-refractivity contribution >= 4 is 11.9 Å². The second-order valence-electron chi connectivity index (χ2n) is 13.8. The van der Waals surface area contributed by atoms with Gasteiger partial charge in [-0.15, -0.1) is 0 Å². The van der Waals surface area contributed by atoms with Gasteiger partial charge in [0.2, 0.25) is 5.91 Å². The summed E-state index contributed by atoms with van der Waals surface area (Å²) in [6.45, 7) is 6.11. The van der Waals surface area contributed by atoms with Crippen LogP contribution < -0.4 is 5.32 Å². The maximum Gasteiger partial charge on any atom is 0.306 e. The van der Waals surface area contributed by atoms with Crippen molar-refractivity contribution in [2.24, 2.45) is 0 Å². The summed E-state index contributed by atoms with van der Waals surface area (Å²) in [5, 5.41) is 23.5. The monoisotopic (exact) mass is 736 g/mol. The van der Waals surface area contributed by atoms with E-state index in [0.29, 0.717) is 19.3 Å². The molecule has 300 valence electrons. The van der Waals surface area contributed by atoms with Crippen molar-refractivity contribution in [3.8, 4) is 0 Å². The van der Waals surface area contributed by atoms with Crippen LogP contribution in [0.4, 0.5) is 0 Å². The van der Waals surface area contributed by atoms with Gasteiger partial charge in [-0.2, -0.15) is 0 Å². The van der Waals surface area contributed by atoms with Gasteiger partial charge in [0.25, 0.3) is 0 Å². The van der Waals surface area contributed by atoms with Crippen LogP contribution in [0.2, 0.25) is 0 Å². The summed E-state index contributed by atoms with van der Waals surface area (Å²) >= 11 is 0. The number of nitrogens with one attached hydrogen (secondary N) is 1. The number of carbonyl (C=O) groups is 2. The topological polar surface area (TPSA) is 95.9 Å². The van der Waals surface area contributed by atoms with Gasteiger partial charge in [-0.25, -0.2) is 0 Å². The summed E-state index contributed by atoms with van der Waals surface area (Å²) in [4.78, 5) is 25.8. The molecule has 0 aromatic rings. The molecule has 3 N–H and O–H groups in total. The van der Waals surface area contributed by atoms with Crippen molar-refractivity contribution in [3.05, 3.63) is 97.2 Å². The minimum atomic E-state index is -0.824. The Morgan fingerprint density at radius 1 is 0.585 bits per heavy atom. The number of ether oxygens (including phenoxy) is 1. The minimum Gasteiger partial charge on any atom is -0.461 e. The number of hydrogen-bond acceptors (Lipinski definition) is 5. The van der Waals surface area contributed by atoms with E-state index in [1.54, 1.807) is 0 Å². The summed E-state index contributed by atoms with van der Waals surface area (Å²) in [7, 11) is 0. The second-order valence-corrected chi connectivity index (χ2v) is 13.8. The molecule has 1 amide bonds. The normalized spacial score (nSPS) is 14.4. The fourth-order valence-electron chi connectivity index (χ4n) is 5.68. The summed E-state index contributed by atoms with van der Waals surface area (Å²) < 4.78 is 5.78. The highest BCUT2D eigenvalue weighted by Crippen LogP contribution is 2.15. The highest BCUT2D eigenvalue weighted by atomic mass is 16.5. The predicted octanol–water partition coefficient (Wildman–Crippen LogP) is 11.8. The lowest BCUT2D eigenvalue weighted by Crippen LogP contribution is -2.46. The Labute approximate surface area is 325 Å². The Morgan fingerprint density at radius 3 is 1.60 bits per heavy atom. The molecular weight excluding hydrogens is 659 g/mol. The smallest absolute Gasteiger partial charge is 0.306 e. The Balaban J connectivity index is 4.82. The van der Waals surface area contributed by atoms with E-state index in [-0.39, 0.29) is 24.9 Å². The Kier molecular flexibility index (Phi) is 37.5. The third kappa shape index (κ3) is 35.6. The van der Waals surface area contributed by atoms with Crippen molar-refractivity contribution in [1.29, 1.82) is 0 Å². The van der Waals surface area contributed by atoms with E-state index in [4.69, 9.17) is 4.74 Å². The zero-order valence-corrected chi connectivity index (χ0v) is 33.9. The zero-order chi connectivity index (χ0) is 38.9. The van der Waals surface area contributed by atoms with E-state index >= 15 is 0 Å². The molecule has 0 rings (SSSR count).